The number of thiazole rings is 1. The molecule has 0 aliphatic rings. The maximum absolute atomic E-state index is 9.18. The maximum Gasteiger partial charge on any atom is 0.185 e. The van der Waals surface area contributed by atoms with Crippen LogP contribution >= 0.6 is 11.3 Å². The number of anilines is 1. The number of nitrogens with zero attached hydrogens (tertiary/aromatic N) is 2. The van der Waals surface area contributed by atoms with E-state index in [0.29, 0.717) is 5.92 Å². The molecule has 1 heterocycles. The number of rotatable bonds is 6. The first-order valence-corrected chi connectivity index (χ1v) is 6.32. The van der Waals surface area contributed by atoms with E-state index >= 15 is 0 Å². The molecule has 1 atom stereocenters. The van der Waals surface area contributed by atoms with Gasteiger partial charge in [0.2, 0.25) is 0 Å². The lowest BCUT2D eigenvalue weighted by Gasteiger charge is -2.19. The van der Waals surface area contributed by atoms with E-state index in [4.69, 9.17) is 0 Å². The molecule has 1 rings (SSSR count). The van der Waals surface area contributed by atoms with Crippen molar-refractivity contribution in [3.63, 3.8) is 0 Å². The van der Waals surface area contributed by atoms with Gasteiger partial charge in [-0.1, -0.05) is 13.8 Å². The molecule has 0 unspecified atom stereocenters. The molecule has 0 saturated carbocycles. The summed E-state index contributed by atoms with van der Waals surface area (Å²) in [7, 11) is 3.97. The molecule has 0 bridgehead atoms. The third kappa shape index (κ3) is 3.73. The van der Waals surface area contributed by atoms with E-state index in [1.165, 1.54) is 4.88 Å². The fourth-order valence-corrected chi connectivity index (χ4v) is 2.11. The van der Waals surface area contributed by atoms with Crippen LogP contribution < -0.4 is 10.2 Å². The summed E-state index contributed by atoms with van der Waals surface area (Å²) in [6, 6.07) is 0.157. The monoisotopic (exact) mass is 243 g/mol. The van der Waals surface area contributed by atoms with Crippen molar-refractivity contribution in [2.24, 2.45) is 5.92 Å². The zero-order valence-electron chi connectivity index (χ0n) is 10.4. The van der Waals surface area contributed by atoms with E-state index in [1.807, 2.05) is 25.2 Å². The van der Waals surface area contributed by atoms with Gasteiger partial charge in [0.15, 0.2) is 5.13 Å². The molecule has 16 heavy (non-hydrogen) atoms. The minimum absolute atomic E-state index is 0.157. The third-order valence-corrected chi connectivity index (χ3v) is 3.63. The minimum atomic E-state index is 0.157. The molecule has 2 N–H and O–H groups in total. The van der Waals surface area contributed by atoms with Gasteiger partial charge in [0.05, 0.1) is 6.61 Å². The van der Waals surface area contributed by atoms with Gasteiger partial charge in [-0.05, 0) is 5.92 Å². The van der Waals surface area contributed by atoms with Crippen LogP contribution in [-0.2, 0) is 6.54 Å². The predicted molar refractivity (Wildman–Crippen MR) is 69.0 cm³/mol. The molecule has 92 valence electrons. The molecule has 0 fully saturated rings. The van der Waals surface area contributed by atoms with Crippen LogP contribution in [0.15, 0.2) is 6.20 Å². The van der Waals surface area contributed by atoms with Crippen LogP contribution in [0.25, 0.3) is 0 Å². The Kier molecular flexibility index (Phi) is 5.18. The van der Waals surface area contributed by atoms with Gasteiger partial charge in [0, 0.05) is 37.8 Å². The largest absolute Gasteiger partial charge is 0.395 e. The SMILES string of the molecule is CC(C)[C@@H](CO)NCc1cnc(N(C)C)s1. The van der Waals surface area contributed by atoms with E-state index in [0.717, 1.165) is 11.7 Å². The van der Waals surface area contributed by atoms with Gasteiger partial charge in [-0.15, -0.1) is 11.3 Å². The predicted octanol–water partition coefficient (Wildman–Crippen LogP) is 1.32. The topological polar surface area (TPSA) is 48.4 Å². The Hall–Kier alpha value is -0.650. The summed E-state index contributed by atoms with van der Waals surface area (Å²) in [6.07, 6.45) is 1.89. The van der Waals surface area contributed by atoms with Crippen molar-refractivity contribution in [2.75, 3.05) is 25.6 Å². The van der Waals surface area contributed by atoms with Crippen molar-refractivity contribution < 1.29 is 5.11 Å². The molecular weight excluding hydrogens is 222 g/mol. The normalized spacial score (nSPS) is 13.1. The minimum Gasteiger partial charge on any atom is -0.395 e. The standard InChI is InChI=1S/C11H21N3OS/c1-8(2)10(7-15)12-5-9-6-13-11(16-9)14(3)4/h6,8,10,12,15H,5,7H2,1-4H3/t10-/m1/s1. The molecule has 0 radical (unpaired) electrons. The van der Waals surface area contributed by atoms with E-state index in [1.54, 1.807) is 11.3 Å². The second kappa shape index (κ2) is 6.18. The van der Waals surface area contributed by atoms with E-state index in [9.17, 15) is 5.11 Å². The van der Waals surface area contributed by atoms with Gasteiger partial charge in [-0.25, -0.2) is 4.98 Å². The Balaban J connectivity index is 2.47. The van der Waals surface area contributed by atoms with Gasteiger partial charge < -0.3 is 15.3 Å². The summed E-state index contributed by atoms with van der Waals surface area (Å²) < 4.78 is 0. The van der Waals surface area contributed by atoms with Gasteiger partial charge in [-0.2, -0.15) is 0 Å². The number of hydrogen-bond donors (Lipinski definition) is 2. The Labute approximate surface area is 101 Å². The molecule has 5 heteroatoms. The average molecular weight is 243 g/mol. The Bertz CT molecular complexity index is 312. The lowest BCUT2D eigenvalue weighted by atomic mass is 10.1. The van der Waals surface area contributed by atoms with Crippen LogP contribution in [0, 0.1) is 5.92 Å². The van der Waals surface area contributed by atoms with Crippen molar-refractivity contribution >= 4 is 16.5 Å². The van der Waals surface area contributed by atoms with Crippen molar-refractivity contribution in [3.8, 4) is 0 Å². The van der Waals surface area contributed by atoms with Crippen LogP contribution in [0.4, 0.5) is 5.13 Å². The summed E-state index contributed by atoms with van der Waals surface area (Å²) in [4.78, 5) is 7.50. The van der Waals surface area contributed by atoms with Gasteiger partial charge in [-0.3, -0.25) is 0 Å². The highest BCUT2D eigenvalue weighted by Crippen LogP contribution is 2.20. The fourth-order valence-electron chi connectivity index (χ4n) is 1.33. The first-order valence-electron chi connectivity index (χ1n) is 5.51. The van der Waals surface area contributed by atoms with Crippen LogP contribution in [0.3, 0.4) is 0 Å². The lowest BCUT2D eigenvalue weighted by Crippen LogP contribution is -2.36. The number of aliphatic hydroxyl groups is 1. The summed E-state index contributed by atoms with van der Waals surface area (Å²) in [5, 5.41) is 13.5. The highest BCUT2D eigenvalue weighted by Gasteiger charge is 2.12. The van der Waals surface area contributed by atoms with Crippen molar-refractivity contribution in [2.45, 2.75) is 26.4 Å². The second-order valence-corrected chi connectivity index (χ2v) is 5.51. The number of aromatic nitrogens is 1. The second-order valence-electron chi connectivity index (χ2n) is 4.42. The van der Waals surface area contributed by atoms with Gasteiger partial charge in [0.1, 0.15) is 0 Å². The Morgan fingerprint density at radius 1 is 1.50 bits per heavy atom. The summed E-state index contributed by atoms with van der Waals surface area (Å²) in [5.41, 5.74) is 0. The molecule has 0 amide bonds. The van der Waals surface area contributed by atoms with Gasteiger partial charge >= 0.3 is 0 Å². The van der Waals surface area contributed by atoms with E-state index in [2.05, 4.69) is 24.1 Å². The van der Waals surface area contributed by atoms with E-state index < -0.39 is 0 Å². The highest BCUT2D eigenvalue weighted by molar-refractivity contribution is 7.15. The molecule has 0 aliphatic heterocycles. The molecule has 1 aromatic heterocycles. The molecule has 0 aliphatic carbocycles. The van der Waals surface area contributed by atoms with Crippen LogP contribution in [-0.4, -0.2) is 36.8 Å². The first-order chi connectivity index (χ1) is 7.54. The molecule has 1 aromatic rings. The van der Waals surface area contributed by atoms with Crippen molar-refractivity contribution in [3.05, 3.63) is 11.1 Å². The Morgan fingerprint density at radius 3 is 2.62 bits per heavy atom. The molecule has 0 aromatic carbocycles. The third-order valence-electron chi connectivity index (χ3n) is 2.46. The average Bonchev–Trinajstić information content (AvgIpc) is 2.67. The van der Waals surface area contributed by atoms with E-state index in [-0.39, 0.29) is 12.6 Å². The molecule has 0 saturated heterocycles. The van der Waals surface area contributed by atoms with Crippen LogP contribution in [0.2, 0.25) is 0 Å². The molecule has 0 spiro atoms. The number of hydrogen-bond acceptors (Lipinski definition) is 5. The quantitative estimate of drug-likeness (QED) is 0.791. The maximum atomic E-state index is 9.18. The summed E-state index contributed by atoms with van der Waals surface area (Å²) in [6.45, 7) is 5.16. The molecular formula is C11H21N3OS. The first kappa shape index (κ1) is 13.4. The lowest BCUT2D eigenvalue weighted by molar-refractivity contribution is 0.210. The van der Waals surface area contributed by atoms with Gasteiger partial charge in [0.25, 0.3) is 0 Å². The van der Waals surface area contributed by atoms with Crippen molar-refractivity contribution in [1.82, 2.24) is 10.3 Å². The fraction of sp³-hybridized carbons (Fsp3) is 0.727. The van der Waals surface area contributed by atoms with Crippen LogP contribution in [0.5, 0.6) is 0 Å². The van der Waals surface area contributed by atoms with Crippen LogP contribution in [0.1, 0.15) is 18.7 Å². The zero-order chi connectivity index (χ0) is 12.1. The zero-order valence-corrected chi connectivity index (χ0v) is 11.2. The van der Waals surface area contributed by atoms with Crippen molar-refractivity contribution in [1.29, 1.82) is 0 Å². The Morgan fingerprint density at radius 2 is 2.19 bits per heavy atom. The summed E-state index contributed by atoms with van der Waals surface area (Å²) >= 11 is 1.68. The number of nitrogens with one attached hydrogen (secondary N) is 1. The summed E-state index contributed by atoms with van der Waals surface area (Å²) in [5.74, 6) is 0.436. The number of aliphatic hydroxyl groups excluding tert-OH is 1. The molecule has 4 nitrogen and oxygen atoms in total. The highest BCUT2D eigenvalue weighted by atomic mass is 32.1. The smallest absolute Gasteiger partial charge is 0.185 e.